The number of benzene rings is 1. The summed E-state index contributed by atoms with van der Waals surface area (Å²) in [7, 11) is 0. The number of terminal acetylenes is 1. The maximum atomic E-state index is 14.0. The Morgan fingerprint density at radius 1 is 1.32 bits per heavy atom. The zero-order chi connectivity index (χ0) is 16.5. The first-order valence-electron chi connectivity index (χ1n) is 5.53. The second-order valence-electron chi connectivity index (χ2n) is 3.93. The van der Waals surface area contributed by atoms with Gasteiger partial charge < -0.3 is 4.74 Å². The van der Waals surface area contributed by atoms with Crippen LogP contribution in [-0.2, 0) is 6.18 Å². The number of rotatable bonds is 3. The standard InChI is InChI=1S/C13H5Cl2F4NOS/c1-2-3-21-9-4-6(8(16)5-7(9)14)11-10(15)12(22-20-11)13(17,18)19/h1,4-5H,3H2. The Labute approximate surface area is 136 Å². The van der Waals surface area contributed by atoms with Gasteiger partial charge in [0.25, 0.3) is 0 Å². The van der Waals surface area contributed by atoms with E-state index in [1.54, 1.807) is 0 Å². The molecule has 22 heavy (non-hydrogen) atoms. The molecule has 0 aliphatic rings. The molecule has 1 aromatic heterocycles. The average molecular weight is 370 g/mol. The van der Waals surface area contributed by atoms with Gasteiger partial charge in [-0.1, -0.05) is 29.1 Å². The van der Waals surface area contributed by atoms with Gasteiger partial charge in [0.15, 0.2) is 0 Å². The Hall–Kier alpha value is -1.49. The Balaban J connectivity index is 2.54. The fraction of sp³-hybridized carbons (Fsp3) is 0.154. The lowest BCUT2D eigenvalue weighted by atomic mass is 10.1. The van der Waals surface area contributed by atoms with Crippen LogP contribution in [0.15, 0.2) is 12.1 Å². The summed E-state index contributed by atoms with van der Waals surface area (Å²) in [6, 6.07) is 2.00. The summed E-state index contributed by atoms with van der Waals surface area (Å²) in [5.41, 5.74) is -0.591. The van der Waals surface area contributed by atoms with Crippen molar-refractivity contribution in [2.24, 2.45) is 0 Å². The largest absolute Gasteiger partial charge is 0.479 e. The molecule has 0 fully saturated rings. The first-order chi connectivity index (χ1) is 10.3. The fourth-order valence-corrected chi connectivity index (χ4v) is 2.83. The summed E-state index contributed by atoms with van der Waals surface area (Å²) in [6.07, 6.45) is 0.364. The van der Waals surface area contributed by atoms with E-state index in [0.717, 1.165) is 12.1 Å². The van der Waals surface area contributed by atoms with Gasteiger partial charge in [-0.15, -0.1) is 6.42 Å². The molecule has 0 radical (unpaired) electrons. The van der Waals surface area contributed by atoms with Gasteiger partial charge in [0.1, 0.15) is 28.7 Å². The van der Waals surface area contributed by atoms with Gasteiger partial charge in [0, 0.05) is 5.56 Å². The molecule has 1 heterocycles. The molecule has 0 spiro atoms. The van der Waals surface area contributed by atoms with Gasteiger partial charge in [-0.05, 0) is 23.7 Å². The zero-order valence-corrected chi connectivity index (χ0v) is 12.8. The van der Waals surface area contributed by atoms with Crippen molar-refractivity contribution in [1.29, 1.82) is 0 Å². The molecule has 0 aliphatic heterocycles. The van der Waals surface area contributed by atoms with Gasteiger partial charge >= 0.3 is 6.18 Å². The van der Waals surface area contributed by atoms with E-state index in [1.807, 2.05) is 0 Å². The minimum atomic E-state index is -4.67. The SMILES string of the molecule is C#CCOc1cc(-c2nsc(C(F)(F)F)c2Cl)c(F)cc1Cl. The van der Waals surface area contributed by atoms with Crippen LogP contribution >= 0.6 is 34.7 Å². The van der Waals surface area contributed by atoms with Crippen LogP contribution in [0, 0.1) is 18.2 Å². The minimum Gasteiger partial charge on any atom is -0.479 e. The quantitative estimate of drug-likeness (QED) is 0.541. The third kappa shape index (κ3) is 3.29. The number of hydrogen-bond donors (Lipinski definition) is 0. The van der Waals surface area contributed by atoms with Crippen molar-refractivity contribution >= 4 is 34.7 Å². The second-order valence-corrected chi connectivity index (χ2v) is 5.49. The number of alkyl halides is 3. The molecule has 2 aromatic rings. The van der Waals surface area contributed by atoms with Crippen LogP contribution in [0.3, 0.4) is 0 Å². The number of ether oxygens (including phenoxy) is 1. The maximum absolute atomic E-state index is 14.0. The lowest BCUT2D eigenvalue weighted by Gasteiger charge is -2.09. The lowest BCUT2D eigenvalue weighted by Crippen LogP contribution is -2.02. The van der Waals surface area contributed by atoms with Gasteiger partial charge in [-0.2, -0.15) is 17.5 Å². The molecule has 1 aromatic carbocycles. The van der Waals surface area contributed by atoms with Crippen LogP contribution in [0.1, 0.15) is 4.88 Å². The van der Waals surface area contributed by atoms with Crippen LogP contribution < -0.4 is 4.74 Å². The molecular weight excluding hydrogens is 365 g/mol. The van der Waals surface area contributed by atoms with Crippen molar-refractivity contribution < 1.29 is 22.3 Å². The summed E-state index contributed by atoms with van der Waals surface area (Å²) < 4.78 is 60.8. The van der Waals surface area contributed by atoms with Gasteiger partial charge in [0.2, 0.25) is 0 Å². The normalized spacial score (nSPS) is 11.3. The van der Waals surface area contributed by atoms with Crippen LogP contribution in [0.5, 0.6) is 5.75 Å². The third-order valence-electron chi connectivity index (χ3n) is 2.48. The Morgan fingerprint density at radius 2 is 2.00 bits per heavy atom. The highest BCUT2D eigenvalue weighted by atomic mass is 35.5. The summed E-state index contributed by atoms with van der Waals surface area (Å²) in [5, 5.41) is -0.750. The van der Waals surface area contributed by atoms with Crippen LogP contribution in [0.4, 0.5) is 17.6 Å². The van der Waals surface area contributed by atoms with E-state index in [0.29, 0.717) is 0 Å². The third-order valence-corrected chi connectivity index (χ3v) is 4.15. The van der Waals surface area contributed by atoms with E-state index in [4.69, 9.17) is 34.4 Å². The Kier molecular flexibility index (Phi) is 4.85. The van der Waals surface area contributed by atoms with Gasteiger partial charge in [0.05, 0.1) is 10.0 Å². The summed E-state index contributed by atoms with van der Waals surface area (Å²) >= 11 is 11.6. The molecule has 0 amide bonds. The van der Waals surface area contributed by atoms with E-state index < -0.39 is 21.9 Å². The Morgan fingerprint density at radius 3 is 2.55 bits per heavy atom. The number of nitrogens with zero attached hydrogens (tertiary/aromatic N) is 1. The molecule has 2 rings (SSSR count). The molecule has 9 heteroatoms. The van der Waals surface area contributed by atoms with Crippen molar-refractivity contribution in [3.05, 3.63) is 32.9 Å². The average Bonchev–Trinajstić information content (AvgIpc) is 2.79. The van der Waals surface area contributed by atoms with Crippen molar-refractivity contribution in [3.8, 4) is 29.4 Å². The monoisotopic (exact) mass is 369 g/mol. The van der Waals surface area contributed by atoms with Crippen molar-refractivity contribution in [2.75, 3.05) is 6.61 Å². The molecule has 116 valence electrons. The van der Waals surface area contributed by atoms with E-state index in [1.165, 1.54) is 0 Å². The van der Waals surface area contributed by atoms with Crippen molar-refractivity contribution in [3.63, 3.8) is 0 Å². The first kappa shape index (κ1) is 16.9. The number of aromatic nitrogens is 1. The van der Waals surface area contributed by atoms with Crippen LogP contribution in [-0.4, -0.2) is 11.0 Å². The zero-order valence-electron chi connectivity index (χ0n) is 10.5. The molecule has 2 nitrogen and oxygen atoms in total. The van der Waals surface area contributed by atoms with Crippen LogP contribution in [0.25, 0.3) is 11.3 Å². The summed E-state index contributed by atoms with van der Waals surface area (Å²) in [5.74, 6) is 1.34. The molecule has 0 saturated carbocycles. The van der Waals surface area contributed by atoms with Gasteiger partial charge in [-0.3, -0.25) is 0 Å². The van der Waals surface area contributed by atoms with Crippen molar-refractivity contribution in [1.82, 2.24) is 4.37 Å². The number of hydrogen-bond acceptors (Lipinski definition) is 3. The Bertz CT molecular complexity index is 752. The minimum absolute atomic E-state index is 0.0219. The van der Waals surface area contributed by atoms with Gasteiger partial charge in [-0.25, -0.2) is 4.39 Å². The highest BCUT2D eigenvalue weighted by Crippen LogP contribution is 2.44. The van der Waals surface area contributed by atoms with E-state index in [2.05, 4.69) is 10.3 Å². The summed E-state index contributed by atoms with van der Waals surface area (Å²) in [4.78, 5) is -1.11. The van der Waals surface area contributed by atoms with Crippen molar-refractivity contribution in [2.45, 2.75) is 6.18 Å². The highest BCUT2D eigenvalue weighted by Gasteiger charge is 2.37. The molecule has 0 bridgehead atoms. The molecule has 0 saturated heterocycles. The molecule has 0 atom stereocenters. The fourth-order valence-electron chi connectivity index (χ4n) is 1.56. The predicted molar refractivity (Wildman–Crippen MR) is 76.9 cm³/mol. The lowest BCUT2D eigenvalue weighted by molar-refractivity contribution is -0.134. The smallest absolute Gasteiger partial charge is 0.428 e. The molecular formula is C13H5Cl2F4NOS. The maximum Gasteiger partial charge on any atom is 0.428 e. The predicted octanol–water partition coefficient (Wildman–Crippen LogP) is 5.29. The van der Waals surface area contributed by atoms with E-state index >= 15 is 0 Å². The summed E-state index contributed by atoms with van der Waals surface area (Å²) in [6.45, 7) is -0.136. The molecule has 0 N–H and O–H groups in total. The molecule has 0 aliphatic carbocycles. The number of halogens is 6. The highest BCUT2D eigenvalue weighted by molar-refractivity contribution is 7.06. The second kappa shape index (κ2) is 6.32. The van der Waals surface area contributed by atoms with E-state index in [9.17, 15) is 17.6 Å². The van der Waals surface area contributed by atoms with Crippen LogP contribution in [0.2, 0.25) is 10.0 Å². The molecule has 0 unspecified atom stereocenters. The first-order valence-corrected chi connectivity index (χ1v) is 7.06. The topological polar surface area (TPSA) is 22.1 Å². The van der Waals surface area contributed by atoms with E-state index in [-0.39, 0.29) is 40.2 Å².